The molecule has 12 nitrogen and oxygen atoms in total. The highest BCUT2D eigenvalue weighted by molar-refractivity contribution is 6.21. The molecule has 0 spiro atoms. The summed E-state index contributed by atoms with van der Waals surface area (Å²) >= 11 is 13.3. The molecular formula is C26H28Cl2N6O6+2. The number of phenolic OH excluding ortho intramolecular Hbond substituents is 4. The van der Waals surface area contributed by atoms with Crippen LogP contribution in [0, 0.1) is 0 Å². The molecule has 2 aromatic carbocycles. The Morgan fingerprint density at radius 2 is 1.12 bits per heavy atom. The Morgan fingerprint density at radius 1 is 0.725 bits per heavy atom. The number of carbonyl (C=O) groups is 2. The van der Waals surface area contributed by atoms with Crippen molar-refractivity contribution in [1.82, 2.24) is 9.97 Å². The second-order valence-corrected chi connectivity index (χ2v) is 10.0. The van der Waals surface area contributed by atoms with E-state index >= 15 is 0 Å². The maximum atomic E-state index is 12.5. The van der Waals surface area contributed by atoms with E-state index < -0.39 is 22.6 Å². The van der Waals surface area contributed by atoms with Crippen molar-refractivity contribution >= 4 is 46.4 Å². The third-order valence-electron chi connectivity index (χ3n) is 6.00. The predicted octanol–water partition coefficient (Wildman–Crippen LogP) is 3.06. The molecule has 0 aliphatic heterocycles. The number of aromatic hydroxyl groups is 4. The van der Waals surface area contributed by atoms with Crippen LogP contribution in [0.5, 0.6) is 23.0 Å². The molecule has 0 aliphatic rings. The summed E-state index contributed by atoms with van der Waals surface area (Å²) in [5, 5.41) is 42.8. The average molecular weight is 591 g/mol. The Bertz CT molecular complexity index is 1390. The topological polar surface area (TPSA) is 178 Å². The summed E-state index contributed by atoms with van der Waals surface area (Å²) in [6.45, 7) is -0.149. The highest BCUT2D eigenvalue weighted by Gasteiger charge is 2.27. The number of hydrogen-bond acceptors (Lipinski definition) is 6. The maximum absolute atomic E-state index is 12.5. The van der Waals surface area contributed by atoms with Crippen LogP contribution in [0.15, 0.2) is 61.2 Å². The van der Waals surface area contributed by atoms with Crippen LogP contribution in [-0.4, -0.2) is 42.2 Å². The van der Waals surface area contributed by atoms with Crippen LogP contribution in [0.1, 0.15) is 35.2 Å². The molecule has 2 atom stereocenters. The standard InChI is InChI=1S/C26H26Cl2N6O6/c27-17(25-29-7-9-33(25)13-23(39)31-19-5-1-15(35)11-21(19)37)3-4-18(28)26-30-8-10-34(26)14-24(40)32-20-6-2-16(36)12-22(20)38/h1-2,5-12,17-18H,3-4,13-14H2,(H6,31,32,35,36,37,38,39,40)/p+2. The van der Waals surface area contributed by atoms with Gasteiger partial charge in [0.15, 0.2) is 13.1 Å². The van der Waals surface area contributed by atoms with Gasteiger partial charge in [0.2, 0.25) is 0 Å². The number of H-pyrrole nitrogens is 2. The zero-order valence-electron chi connectivity index (χ0n) is 21.0. The summed E-state index contributed by atoms with van der Waals surface area (Å²) in [6, 6.07) is 7.74. The van der Waals surface area contributed by atoms with Gasteiger partial charge in [0.05, 0.1) is 11.4 Å². The van der Waals surface area contributed by atoms with Crippen LogP contribution >= 0.6 is 23.2 Å². The molecule has 2 aromatic heterocycles. The molecule has 0 radical (unpaired) electrons. The van der Waals surface area contributed by atoms with E-state index in [0.29, 0.717) is 24.5 Å². The minimum absolute atomic E-state index is 0.0744. The number of rotatable bonds is 11. The van der Waals surface area contributed by atoms with Crippen molar-refractivity contribution in [1.29, 1.82) is 0 Å². The van der Waals surface area contributed by atoms with Crippen molar-refractivity contribution in [2.45, 2.75) is 36.7 Å². The second-order valence-electron chi connectivity index (χ2n) is 8.96. The first kappa shape index (κ1) is 28.6. The highest BCUT2D eigenvalue weighted by atomic mass is 35.5. The maximum Gasteiger partial charge on any atom is 0.272 e. The van der Waals surface area contributed by atoms with Crippen molar-refractivity contribution in [3.05, 3.63) is 72.8 Å². The van der Waals surface area contributed by atoms with E-state index in [2.05, 4.69) is 20.6 Å². The van der Waals surface area contributed by atoms with Gasteiger partial charge in [0.25, 0.3) is 23.5 Å². The smallest absolute Gasteiger partial charge is 0.272 e. The Hall–Kier alpha value is -4.42. The van der Waals surface area contributed by atoms with Gasteiger partial charge in [0.1, 0.15) is 58.5 Å². The van der Waals surface area contributed by atoms with Gasteiger partial charge in [-0.2, -0.15) is 0 Å². The van der Waals surface area contributed by atoms with Crippen LogP contribution in [0.25, 0.3) is 0 Å². The molecule has 4 rings (SSSR count). The van der Waals surface area contributed by atoms with E-state index in [-0.39, 0.29) is 47.5 Å². The van der Waals surface area contributed by atoms with Crippen molar-refractivity contribution < 1.29 is 39.1 Å². The zero-order valence-corrected chi connectivity index (χ0v) is 22.5. The van der Waals surface area contributed by atoms with E-state index in [9.17, 15) is 30.0 Å². The van der Waals surface area contributed by atoms with Gasteiger partial charge in [0, 0.05) is 12.1 Å². The number of nitrogens with one attached hydrogen (secondary N) is 4. The summed E-state index contributed by atoms with van der Waals surface area (Å²) in [6.07, 6.45) is 7.51. The fourth-order valence-corrected chi connectivity index (χ4v) is 4.70. The van der Waals surface area contributed by atoms with Crippen molar-refractivity contribution in [2.75, 3.05) is 10.6 Å². The summed E-state index contributed by atoms with van der Waals surface area (Å²) < 4.78 is 3.29. The second kappa shape index (κ2) is 12.6. The summed E-state index contributed by atoms with van der Waals surface area (Å²) in [5.41, 5.74) is 0.335. The number of halogens is 2. The molecule has 8 N–H and O–H groups in total. The summed E-state index contributed by atoms with van der Waals surface area (Å²) in [4.78, 5) is 31.2. The van der Waals surface area contributed by atoms with E-state index in [1.165, 1.54) is 24.3 Å². The Morgan fingerprint density at radius 3 is 1.50 bits per heavy atom. The van der Waals surface area contributed by atoms with Crippen LogP contribution in [0.2, 0.25) is 0 Å². The predicted molar refractivity (Wildman–Crippen MR) is 145 cm³/mol. The molecule has 40 heavy (non-hydrogen) atoms. The molecule has 2 amide bonds. The van der Waals surface area contributed by atoms with Crippen molar-refractivity contribution in [3.8, 4) is 23.0 Å². The molecule has 210 valence electrons. The van der Waals surface area contributed by atoms with E-state index in [0.717, 1.165) is 12.1 Å². The number of imidazole rings is 2. The van der Waals surface area contributed by atoms with Gasteiger partial charge >= 0.3 is 0 Å². The largest absolute Gasteiger partial charge is 0.508 e. The number of carbonyl (C=O) groups excluding carboxylic acids is 2. The fourth-order valence-electron chi connectivity index (χ4n) is 4.07. The Balaban J connectivity index is 1.32. The number of benzene rings is 2. The quantitative estimate of drug-likeness (QED) is 0.0575. The molecule has 2 unspecified atom stereocenters. The number of hydrogen-bond donors (Lipinski definition) is 8. The average Bonchev–Trinajstić information content (AvgIpc) is 3.55. The van der Waals surface area contributed by atoms with Crippen molar-refractivity contribution in [3.63, 3.8) is 0 Å². The van der Waals surface area contributed by atoms with Crippen LogP contribution in [0.4, 0.5) is 11.4 Å². The van der Waals surface area contributed by atoms with Gasteiger partial charge in [-0.05, 0) is 37.1 Å². The molecular weight excluding hydrogens is 563 g/mol. The zero-order chi connectivity index (χ0) is 28.8. The highest BCUT2D eigenvalue weighted by Crippen LogP contribution is 2.30. The van der Waals surface area contributed by atoms with Crippen LogP contribution in [0.3, 0.4) is 0 Å². The first-order valence-corrected chi connectivity index (χ1v) is 13.0. The third-order valence-corrected chi connectivity index (χ3v) is 6.85. The number of phenols is 4. The minimum atomic E-state index is -0.518. The van der Waals surface area contributed by atoms with E-state index in [4.69, 9.17) is 23.2 Å². The number of anilines is 2. The summed E-state index contributed by atoms with van der Waals surface area (Å²) in [7, 11) is 0. The molecule has 0 bridgehead atoms. The molecule has 0 fully saturated rings. The lowest BCUT2D eigenvalue weighted by Crippen LogP contribution is -2.43. The minimum Gasteiger partial charge on any atom is -0.508 e. The molecule has 14 heteroatoms. The van der Waals surface area contributed by atoms with E-state index in [1.54, 1.807) is 33.9 Å². The normalized spacial score (nSPS) is 12.6. The lowest BCUT2D eigenvalue weighted by molar-refractivity contribution is -0.691. The third kappa shape index (κ3) is 7.16. The number of alkyl halides is 2. The lowest BCUT2D eigenvalue weighted by atomic mass is 10.1. The number of nitrogens with zero attached hydrogens (tertiary/aromatic N) is 2. The molecule has 2 heterocycles. The first-order chi connectivity index (χ1) is 19.1. The van der Waals surface area contributed by atoms with Gasteiger partial charge < -0.3 is 31.1 Å². The van der Waals surface area contributed by atoms with Crippen LogP contribution < -0.4 is 19.8 Å². The van der Waals surface area contributed by atoms with E-state index in [1.807, 2.05) is 0 Å². The number of aromatic amines is 2. The van der Waals surface area contributed by atoms with Crippen LogP contribution in [-0.2, 0) is 22.7 Å². The number of aromatic nitrogens is 4. The molecule has 0 saturated heterocycles. The molecule has 4 aromatic rings. The number of amides is 2. The monoisotopic (exact) mass is 590 g/mol. The van der Waals surface area contributed by atoms with Gasteiger partial charge in [-0.3, -0.25) is 9.59 Å². The molecule has 0 aliphatic carbocycles. The summed E-state index contributed by atoms with van der Waals surface area (Å²) in [5.74, 6) is -0.395. The fraction of sp³-hybridized carbons (Fsp3) is 0.231. The molecule has 0 saturated carbocycles. The van der Waals surface area contributed by atoms with Gasteiger partial charge in [-0.25, -0.2) is 19.1 Å². The Labute approximate surface area is 238 Å². The first-order valence-electron chi connectivity index (χ1n) is 12.2. The lowest BCUT2D eigenvalue weighted by Gasteiger charge is -2.11. The SMILES string of the molecule is O=C(C[n+]1cc[nH]c1C(Cl)CCC(Cl)c1[nH]cc[n+]1CC(=O)Nc1ccc(O)cc1O)Nc1ccc(O)cc1O. The Kier molecular flexibility index (Phi) is 9.02. The van der Waals surface area contributed by atoms with Gasteiger partial charge in [-0.1, -0.05) is 0 Å². The van der Waals surface area contributed by atoms with Crippen molar-refractivity contribution in [2.24, 2.45) is 0 Å². The van der Waals surface area contributed by atoms with Gasteiger partial charge in [-0.15, -0.1) is 23.2 Å².